The normalized spacial score (nSPS) is 16.8. The molecule has 1 fully saturated rings. The van der Waals surface area contributed by atoms with E-state index < -0.39 is 0 Å². The van der Waals surface area contributed by atoms with Crippen molar-refractivity contribution in [1.29, 1.82) is 0 Å². The topological polar surface area (TPSA) is 48.5 Å². The number of carbonyl (C=O) groups is 1. The predicted molar refractivity (Wildman–Crippen MR) is 158 cm³/mol. The summed E-state index contributed by atoms with van der Waals surface area (Å²) < 4.78 is 0. The highest BCUT2D eigenvalue weighted by Crippen LogP contribution is 2.51. The van der Waals surface area contributed by atoms with Gasteiger partial charge in [-0.25, -0.2) is 9.78 Å². The first-order valence-electron chi connectivity index (χ1n) is 12.2. The minimum Gasteiger partial charge on any atom is -0.334 e. The van der Waals surface area contributed by atoms with Crippen LogP contribution in [-0.4, -0.2) is 42.1 Å². The number of aromatic nitrogens is 1. The van der Waals surface area contributed by atoms with E-state index in [1.807, 2.05) is 24.3 Å². The van der Waals surface area contributed by atoms with Crippen molar-refractivity contribution in [3.63, 3.8) is 0 Å². The molecule has 10 heteroatoms. The van der Waals surface area contributed by atoms with Gasteiger partial charge in [0.15, 0.2) is 0 Å². The highest BCUT2D eigenvalue weighted by atomic mass is 35.5. The molecule has 3 aromatic rings. The van der Waals surface area contributed by atoms with Crippen LogP contribution in [0, 0.1) is 0 Å². The fourth-order valence-electron chi connectivity index (χ4n) is 5.27. The number of halogens is 5. The molecular formula is C28H25Cl5N4O. The maximum absolute atomic E-state index is 13.3. The third-order valence-electron chi connectivity index (χ3n) is 7.27. The summed E-state index contributed by atoms with van der Waals surface area (Å²) in [6.07, 6.45) is 7.54. The Hall–Kier alpha value is -1.99. The summed E-state index contributed by atoms with van der Waals surface area (Å²) in [4.78, 5) is 21.5. The van der Waals surface area contributed by atoms with E-state index in [0.717, 1.165) is 54.9 Å². The van der Waals surface area contributed by atoms with Gasteiger partial charge in [-0.2, -0.15) is 0 Å². The van der Waals surface area contributed by atoms with Crippen molar-refractivity contribution in [3.05, 3.63) is 96.7 Å². The summed E-state index contributed by atoms with van der Waals surface area (Å²) in [7, 11) is 0. The molecule has 0 saturated carbocycles. The SMILES string of the molecule is O=C(NCc1ccnc(Cl)c1)N1CC2(CCN(C/C=C/c3ccc(Cl)c(Cl)c3)CC2)c2c1ccc(Cl)c2Cl. The summed E-state index contributed by atoms with van der Waals surface area (Å²) in [6.45, 7) is 3.46. The minimum absolute atomic E-state index is 0.179. The Kier molecular flexibility index (Phi) is 8.44. The molecule has 5 nitrogen and oxygen atoms in total. The first-order valence-corrected chi connectivity index (χ1v) is 14.1. The number of likely N-dealkylation sites (tertiary alicyclic amines) is 1. The van der Waals surface area contributed by atoms with Crippen LogP contribution in [0.1, 0.15) is 29.5 Å². The van der Waals surface area contributed by atoms with E-state index >= 15 is 0 Å². The second-order valence-electron chi connectivity index (χ2n) is 9.64. The van der Waals surface area contributed by atoms with Crippen LogP contribution >= 0.6 is 58.0 Å². The number of nitrogens with one attached hydrogen (secondary N) is 1. The number of benzene rings is 2. The zero-order valence-electron chi connectivity index (χ0n) is 20.4. The molecule has 3 heterocycles. The molecule has 1 spiro atoms. The number of pyridine rings is 1. The summed E-state index contributed by atoms with van der Waals surface area (Å²) in [5.74, 6) is 0. The van der Waals surface area contributed by atoms with E-state index in [2.05, 4.69) is 27.4 Å². The molecule has 2 aliphatic rings. The molecule has 2 amide bonds. The Morgan fingerprint density at radius 1 is 0.974 bits per heavy atom. The predicted octanol–water partition coefficient (Wildman–Crippen LogP) is 8.13. The molecule has 1 aromatic heterocycles. The summed E-state index contributed by atoms with van der Waals surface area (Å²) >= 11 is 31.4. The van der Waals surface area contributed by atoms with Crippen LogP contribution in [0.15, 0.2) is 54.7 Å². The van der Waals surface area contributed by atoms with Gasteiger partial charge in [-0.05, 0) is 73.5 Å². The van der Waals surface area contributed by atoms with E-state index in [9.17, 15) is 4.79 Å². The van der Waals surface area contributed by atoms with Crippen molar-refractivity contribution < 1.29 is 4.79 Å². The van der Waals surface area contributed by atoms with Gasteiger partial charge in [0, 0.05) is 36.8 Å². The lowest BCUT2D eigenvalue weighted by Gasteiger charge is -2.39. The van der Waals surface area contributed by atoms with Crippen LogP contribution < -0.4 is 10.2 Å². The maximum atomic E-state index is 13.3. The lowest BCUT2D eigenvalue weighted by atomic mass is 9.74. The summed E-state index contributed by atoms with van der Waals surface area (Å²) in [5.41, 5.74) is 3.43. The van der Waals surface area contributed by atoms with Gasteiger partial charge >= 0.3 is 6.03 Å². The Bertz CT molecular complexity index is 1390. The molecule has 2 aromatic carbocycles. The van der Waals surface area contributed by atoms with Crippen LogP contribution in [-0.2, 0) is 12.0 Å². The van der Waals surface area contributed by atoms with Gasteiger partial charge in [-0.15, -0.1) is 0 Å². The van der Waals surface area contributed by atoms with Crippen molar-refractivity contribution >= 4 is 75.8 Å². The molecule has 0 unspecified atom stereocenters. The number of hydrogen-bond donors (Lipinski definition) is 1. The second-order valence-corrected chi connectivity index (χ2v) is 11.6. The van der Waals surface area contributed by atoms with Crippen molar-refractivity contribution in [1.82, 2.24) is 15.2 Å². The summed E-state index contributed by atoms with van der Waals surface area (Å²) in [6, 6.07) is 12.6. The molecule has 0 atom stereocenters. The monoisotopic (exact) mass is 608 g/mol. The lowest BCUT2D eigenvalue weighted by Crippen LogP contribution is -2.47. The van der Waals surface area contributed by atoms with E-state index in [1.54, 1.807) is 29.3 Å². The van der Waals surface area contributed by atoms with Crippen LogP contribution in [0.25, 0.3) is 6.08 Å². The molecule has 38 heavy (non-hydrogen) atoms. The molecule has 2 aliphatic heterocycles. The number of rotatable bonds is 5. The molecular weight excluding hydrogens is 586 g/mol. The van der Waals surface area contributed by atoms with Gasteiger partial charge in [0.05, 0.1) is 25.8 Å². The van der Waals surface area contributed by atoms with Crippen molar-refractivity contribution in [2.75, 3.05) is 31.1 Å². The van der Waals surface area contributed by atoms with Gasteiger partial charge in [-0.1, -0.05) is 76.2 Å². The fourth-order valence-corrected chi connectivity index (χ4v) is 6.29. The van der Waals surface area contributed by atoms with Crippen LogP contribution in [0.4, 0.5) is 10.5 Å². The summed E-state index contributed by atoms with van der Waals surface area (Å²) in [5, 5.41) is 5.53. The number of fused-ring (bicyclic) bond motifs is 2. The van der Waals surface area contributed by atoms with Gasteiger partial charge in [0.25, 0.3) is 0 Å². The van der Waals surface area contributed by atoms with Crippen molar-refractivity contribution in [3.8, 4) is 0 Å². The Balaban J connectivity index is 1.28. The molecule has 0 bridgehead atoms. The van der Waals surface area contributed by atoms with Gasteiger partial charge in [0.1, 0.15) is 5.15 Å². The minimum atomic E-state index is -0.251. The number of amides is 2. The van der Waals surface area contributed by atoms with Crippen molar-refractivity contribution in [2.45, 2.75) is 24.8 Å². The quantitative estimate of drug-likeness (QED) is 0.297. The number of hydrogen-bond acceptors (Lipinski definition) is 3. The third-order valence-corrected chi connectivity index (χ3v) is 9.02. The number of anilines is 1. The third kappa shape index (κ3) is 5.79. The van der Waals surface area contributed by atoms with E-state index in [-0.39, 0.29) is 11.4 Å². The number of nitrogens with zero attached hydrogens (tertiary/aromatic N) is 3. The van der Waals surface area contributed by atoms with Gasteiger partial charge in [-0.3, -0.25) is 9.80 Å². The molecule has 1 N–H and O–H groups in total. The Labute approximate surface area is 247 Å². The standard InChI is InChI=1S/C28H25Cl5N4O/c29-20-4-3-18(14-22(20)31)2-1-11-36-12-8-28(9-13-36)17-37(23-6-5-21(30)26(33)25(23)28)27(38)35-16-19-7-10-34-24(32)15-19/h1-7,10,14-15H,8-9,11-13,16-17H2,(H,35,38)/b2-1+. The number of urea groups is 1. The fraction of sp³-hybridized carbons (Fsp3) is 0.286. The van der Waals surface area contributed by atoms with Crippen LogP contribution in [0.2, 0.25) is 25.2 Å². The smallest absolute Gasteiger partial charge is 0.322 e. The highest BCUT2D eigenvalue weighted by Gasteiger charge is 2.48. The Morgan fingerprint density at radius 3 is 2.47 bits per heavy atom. The van der Waals surface area contributed by atoms with Crippen LogP contribution in [0.3, 0.4) is 0 Å². The lowest BCUT2D eigenvalue weighted by molar-refractivity contribution is 0.180. The molecule has 5 rings (SSSR count). The van der Waals surface area contributed by atoms with Crippen molar-refractivity contribution in [2.24, 2.45) is 0 Å². The average molecular weight is 611 g/mol. The van der Waals surface area contributed by atoms with Gasteiger partial charge < -0.3 is 5.32 Å². The second kappa shape index (κ2) is 11.6. The average Bonchev–Trinajstić information content (AvgIpc) is 3.22. The molecule has 198 valence electrons. The molecule has 0 aliphatic carbocycles. The first-order chi connectivity index (χ1) is 18.3. The zero-order valence-corrected chi connectivity index (χ0v) is 24.1. The largest absolute Gasteiger partial charge is 0.334 e. The Morgan fingerprint density at radius 2 is 1.74 bits per heavy atom. The van der Waals surface area contributed by atoms with E-state index in [4.69, 9.17) is 58.0 Å². The number of carbonyl (C=O) groups excluding carboxylic acids is 1. The highest BCUT2D eigenvalue weighted by molar-refractivity contribution is 6.43. The van der Waals surface area contributed by atoms with Crippen LogP contribution in [0.5, 0.6) is 0 Å². The maximum Gasteiger partial charge on any atom is 0.322 e. The molecule has 1 saturated heterocycles. The van der Waals surface area contributed by atoms with Gasteiger partial charge in [0.2, 0.25) is 0 Å². The molecule has 0 radical (unpaired) electrons. The number of piperidine rings is 1. The first kappa shape index (κ1) is 27.6. The van der Waals surface area contributed by atoms with E-state index in [1.165, 1.54) is 0 Å². The van der Waals surface area contributed by atoms with E-state index in [0.29, 0.717) is 38.3 Å². The zero-order chi connectivity index (χ0) is 26.9.